The van der Waals surface area contributed by atoms with Gasteiger partial charge < -0.3 is 21.4 Å². The molecule has 204 valence electrons. The summed E-state index contributed by atoms with van der Waals surface area (Å²) >= 11 is 0. The number of halogens is 1. The first-order valence-electron chi connectivity index (χ1n) is 12.7. The van der Waals surface area contributed by atoms with E-state index in [4.69, 9.17) is 11.1 Å². The summed E-state index contributed by atoms with van der Waals surface area (Å²) in [6.07, 6.45) is 2.81. The van der Waals surface area contributed by atoms with Gasteiger partial charge in [0.15, 0.2) is 0 Å². The summed E-state index contributed by atoms with van der Waals surface area (Å²) in [6, 6.07) is 12.6. The van der Waals surface area contributed by atoms with Gasteiger partial charge in [-0.1, -0.05) is 18.2 Å². The number of rotatable bonds is 9. The summed E-state index contributed by atoms with van der Waals surface area (Å²) in [5, 5.41) is 20.0. The Labute approximate surface area is 228 Å². The molecule has 39 heavy (non-hydrogen) atoms. The lowest BCUT2D eigenvalue weighted by Crippen LogP contribution is -2.48. The van der Waals surface area contributed by atoms with E-state index >= 15 is 0 Å². The van der Waals surface area contributed by atoms with Crippen LogP contribution in [0.15, 0.2) is 54.1 Å². The van der Waals surface area contributed by atoms with Gasteiger partial charge in [-0.25, -0.2) is 4.39 Å². The zero-order valence-corrected chi connectivity index (χ0v) is 22.7. The Morgan fingerprint density at radius 1 is 1.23 bits per heavy atom. The van der Waals surface area contributed by atoms with Gasteiger partial charge >= 0.3 is 0 Å². The van der Waals surface area contributed by atoms with Gasteiger partial charge in [-0.3, -0.25) is 14.4 Å². The van der Waals surface area contributed by atoms with Gasteiger partial charge in [-0.15, -0.1) is 0 Å². The smallest absolute Gasteiger partial charge is 0.251 e. The number of carbonyl (C=O) groups is 3. The maximum atomic E-state index is 14.0. The van der Waals surface area contributed by atoms with Crippen molar-refractivity contribution in [1.82, 2.24) is 10.2 Å². The van der Waals surface area contributed by atoms with Crippen molar-refractivity contribution in [3.8, 4) is 6.07 Å². The molecule has 1 fully saturated rings. The minimum absolute atomic E-state index is 0.208. The van der Waals surface area contributed by atoms with Crippen LogP contribution in [-0.2, 0) is 16.0 Å². The zero-order valence-electron chi connectivity index (χ0n) is 22.7. The van der Waals surface area contributed by atoms with E-state index in [0.29, 0.717) is 29.5 Å². The van der Waals surface area contributed by atoms with Crippen LogP contribution in [0, 0.1) is 34.9 Å². The molecule has 0 radical (unpaired) electrons. The first-order chi connectivity index (χ1) is 18.3. The summed E-state index contributed by atoms with van der Waals surface area (Å²) < 4.78 is 14.0. The van der Waals surface area contributed by atoms with Gasteiger partial charge in [-0.2, -0.15) is 5.26 Å². The maximum absolute atomic E-state index is 14.0. The second kappa shape index (κ2) is 12.0. The fourth-order valence-corrected chi connectivity index (χ4v) is 5.04. The largest absolute Gasteiger partial charge is 0.366 e. The summed E-state index contributed by atoms with van der Waals surface area (Å²) in [7, 11) is 0. The van der Waals surface area contributed by atoms with Gasteiger partial charge in [0, 0.05) is 23.3 Å². The number of aryl methyl sites for hydroxylation is 1. The van der Waals surface area contributed by atoms with Crippen LogP contribution in [0.3, 0.4) is 0 Å². The second-order valence-corrected chi connectivity index (χ2v) is 10.5. The van der Waals surface area contributed by atoms with Crippen LogP contribution < -0.4 is 11.1 Å². The SMILES string of the molecule is CC(=N)/C=C(/Cc1ccc(C(=O)NCC(=O)N2C(c3cccc(F)c3)CCC2C(C)(C)C#N)cc1C)C(N)=O. The van der Waals surface area contributed by atoms with Crippen LogP contribution >= 0.6 is 0 Å². The number of hydrogen-bond donors (Lipinski definition) is 3. The van der Waals surface area contributed by atoms with Crippen LogP contribution in [0.4, 0.5) is 4.39 Å². The normalized spacial score (nSPS) is 17.4. The highest BCUT2D eigenvalue weighted by atomic mass is 19.1. The molecule has 1 saturated heterocycles. The molecular weight excluding hydrogens is 497 g/mol. The summed E-state index contributed by atoms with van der Waals surface area (Å²) in [6.45, 7) is 6.62. The monoisotopic (exact) mass is 531 g/mol. The highest BCUT2D eigenvalue weighted by Crippen LogP contribution is 2.43. The lowest BCUT2D eigenvalue weighted by atomic mass is 9.84. The maximum Gasteiger partial charge on any atom is 0.251 e. The minimum atomic E-state index is -0.830. The predicted octanol–water partition coefficient (Wildman–Crippen LogP) is 4.14. The van der Waals surface area contributed by atoms with Crippen LogP contribution in [0.2, 0.25) is 0 Å². The molecule has 0 saturated carbocycles. The number of benzene rings is 2. The van der Waals surface area contributed by atoms with Gasteiger partial charge in [0.2, 0.25) is 11.8 Å². The second-order valence-electron chi connectivity index (χ2n) is 10.5. The molecular formula is C30H34FN5O3. The standard InChI is InChI=1S/C30H34FN5O3/c1-18-12-22(9-8-20(18)14-23(28(34)38)13-19(2)33)29(39)35-16-27(37)36-25(21-6-5-7-24(31)15-21)10-11-26(36)30(3,4)17-32/h5-9,12-13,15,25-26,33H,10-11,14,16H2,1-4H3,(H2,34,38)(H,35,39)/b23-13-,33-19?. The fourth-order valence-electron chi connectivity index (χ4n) is 5.04. The van der Waals surface area contributed by atoms with Crippen molar-refractivity contribution in [2.45, 2.75) is 59.0 Å². The van der Waals surface area contributed by atoms with E-state index in [-0.39, 0.29) is 30.6 Å². The van der Waals surface area contributed by atoms with Gasteiger partial charge in [0.05, 0.1) is 30.1 Å². The molecule has 1 aliphatic rings. The molecule has 1 aliphatic heterocycles. The third-order valence-electron chi connectivity index (χ3n) is 7.12. The Morgan fingerprint density at radius 2 is 1.95 bits per heavy atom. The number of carbonyl (C=O) groups excluding carboxylic acids is 3. The number of nitriles is 1. The van der Waals surface area contributed by atoms with Crippen molar-refractivity contribution in [3.63, 3.8) is 0 Å². The average Bonchev–Trinajstić information content (AvgIpc) is 3.34. The summed E-state index contributed by atoms with van der Waals surface area (Å²) in [5.74, 6) is -1.81. The third kappa shape index (κ3) is 6.96. The number of primary amides is 1. The van der Waals surface area contributed by atoms with E-state index in [1.54, 1.807) is 62.9 Å². The van der Waals surface area contributed by atoms with Crippen molar-refractivity contribution >= 4 is 23.4 Å². The molecule has 0 bridgehead atoms. The Hall–Kier alpha value is -4.32. The number of amides is 3. The summed E-state index contributed by atoms with van der Waals surface area (Å²) in [5.41, 5.74) is 7.64. The number of likely N-dealkylation sites (tertiary alicyclic amines) is 1. The number of nitrogens with zero attached hydrogens (tertiary/aromatic N) is 2. The number of nitrogens with one attached hydrogen (secondary N) is 2. The highest BCUT2D eigenvalue weighted by Gasteiger charge is 2.45. The number of allylic oxidation sites excluding steroid dienone is 1. The Kier molecular flexibility index (Phi) is 9.02. The fraction of sp³-hybridized carbons (Fsp3) is 0.367. The van der Waals surface area contributed by atoms with Crippen molar-refractivity contribution in [2.24, 2.45) is 11.1 Å². The van der Waals surface area contributed by atoms with E-state index in [0.717, 1.165) is 11.1 Å². The van der Waals surface area contributed by atoms with Crippen molar-refractivity contribution in [2.75, 3.05) is 6.54 Å². The van der Waals surface area contributed by atoms with Crippen molar-refractivity contribution in [3.05, 3.63) is 82.2 Å². The molecule has 3 rings (SSSR count). The van der Waals surface area contributed by atoms with E-state index in [1.807, 2.05) is 0 Å². The third-order valence-corrected chi connectivity index (χ3v) is 7.12. The first-order valence-corrected chi connectivity index (χ1v) is 12.7. The molecule has 0 aliphatic carbocycles. The molecule has 9 heteroatoms. The average molecular weight is 532 g/mol. The number of hydrogen-bond acceptors (Lipinski definition) is 5. The van der Waals surface area contributed by atoms with Crippen molar-refractivity contribution < 1.29 is 18.8 Å². The van der Waals surface area contributed by atoms with Gasteiger partial charge in [0.1, 0.15) is 5.82 Å². The first kappa shape index (κ1) is 29.2. The van der Waals surface area contributed by atoms with Crippen LogP contribution in [0.5, 0.6) is 0 Å². The van der Waals surface area contributed by atoms with Gasteiger partial charge in [-0.05, 0) is 87.6 Å². The van der Waals surface area contributed by atoms with Crippen molar-refractivity contribution in [1.29, 1.82) is 10.7 Å². The van der Waals surface area contributed by atoms with E-state index in [2.05, 4.69) is 11.4 Å². The lowest BCUT2D eigenvalue weighted by molar-refractivity contribution is -0.134. The zero-order chi connectivity index (χ0) is 28.9. The molecule has 0 spiro atoms. The number of nitrogens with two attached hydrogens (primary N) is 1. The molecule has 3 amide bonds. The quantitative estimate of drug-likeness (QED) is 0.330. The van der Waals surface area contributed by atoms with Crippen LogP contribution in [0.1, 0.15) is 66.7 Å². The van der Waals surface area contributed by atoms with E-state index in [9.17, 15) is 24.0 Å². The molecule has 2 aromatic carbocycles. The molecule has 2 unspecified atom stereocenters. The Morgan fingerprint density at radius 3 is 2.54 bits per heavy atom. The molecule has 0 aromatic heterocycles. The predicted molar refractivity (Wildman–Crippen MR) is 146 cm³/mol. The van der Waals surface area contributed by atoms with E-state index < -0.39 is 29.1 Å². The topological polar surface area (TPSA) is 140 Å². The van der Waals surface area contributed by atoms with Crippen LogP contribution in [-0.4, -0.2) is 40.9 Å². The molecule has 2 atom stereocenters. The highest BCUT2D eigenvalue weighted by molar-refractivity contribution is 6.01. The minimum Gasteiger partial charge on any atom is -0.366 e. The lowest BCUT2D eigenvalue weighted by Gasteiger charge is -2.36. The Bertz CT molecular complexity index is 1370. The van der Waals surface area contributed by atoms with Crippen LogP contribution in [0.25, 0.3) is 0 Å². The molecule has 2 aromatic rings. The van der Waals surface area contributed by atoms with Gasteiger partial charge in [0.25, 0.3) is 5.91 Å². The molecule has 8 nitrogen and oxygen atoms in total. The molecule has 1 heterocycles. The summed E-state index contributed by atoms with van der Waals surface area (Å²) in [4.78, 5) is 39.8. The Balaban J connectivity index is 1.76. The van der Waals surface area contributed by atoms with E-state index in [1.165, 1.54) is 18.2 Å². The molecule has 4 N–H and O–H groups in total.